The van der Waals surface area contributed by atoms with Crippen LogP contribution in [0.25, 0.3) is 65.9 Å². The SMILES string of the molecule is Cc1cc2c(cc1-c1cc3ccccc3c[n+]1C)oc1cc3c(cc12)oc1ccccc13. The number of hydrogen-bond donors (Lipinski definition) is 0. The van der Waals surface area contributed by atoms with Gasteiger partial charge in [0.15, 0.2) is 6.20 Å². The first-order valence-electron chi connectivity index (χ1n) is 10.8. The van der Waals surface area contributed by atoms with E-state index in [1.807, 2.05) is 18.2 Å². The Kier molecular flexibility index (Phi) is 3.41. The number of furan rings is 2. The second-order valence-corrected chi connectivity index (χ2v) is 8.61. The Balaban J connectivity index is 1.50. The van der Waals surface area contributed by atoms with Gasteiger partial charge >= 0.3 is 0 Å². The molecule has 0 aliphatic rings. The molecule has 4 aromatic carbocycles. The van der Waals surface area contributed by atoms with E-state index in [9.17, 15) is 0 Å². The molecule has 7 rings (SSSR count). The van der Waals surface area contributed by atoms with Crippen LogP contribution in [-0.2, 0) is 7.05 Å². The maximum atomic E-state index is 6.37. The maximum absolute atomic E-state index is 6.37. The van der Waals surface area contributed by atoms with Gasteiger partial charge in [-0.05, 0) is 54.3 Å². The minimum absolute atomic E-state index is 0.887. The second kappa shape index (κ2) is 6.21. The fourth-order valence-electron chi connectivity index (χ4n) is 4.98. The zero-order valence-electron chi connectivity index (χ0n) is 17.8. The molecule has 3 heterocycles. The lowest BCUT2D eigenvalue weighted by Crippen LogP contribution is -2.30. The Morgan fingerprint density at radius 1 is 0.594 bits per heavy atom. The fraction of sp³-hybridized carbons (Fsp3) is 0.0690. The van der Waals surface area contributed by atoms with Crippen LogP contribution in [0.1, 0.15) is 5.56 Å². The van der Waals surface area contributed by atoms with Crippen LogP contribution in [0.2, 0.25) is 0 Å². The highest BCUT2D eigenvalue weighted by atomic mass is 16.3. The molecule has 0 N–H and O–H groups in total. The van der Waals surface area contributed by atoms with E-state index in [0.717, 1.165) is 43.9 Å². The minimum atomic E-state index is 0.887. The largest absolute Gasteiger partial charge is 0.456 e. The van der Waals surface area contributed by atoms with Gasteiger partial charge in [0.1, 0.15) is 29.4 Å². The molecule has 0 spiro atoms. The summed E-state index contributed by atoms with van der Waals surface area (Å²) in [6.07, 6.45) is 2.19. The topological polar surface area (TPSA) is 30.2 Å². The monoisotopic (exact) mass is 414 g/mol. The molecular formula is C29H20NO2+. The molecule has 0 aliphatic heterocycles. The summed E-state index contributed by atoms with van der Waals surface area (Å²) in [5.74, 6) is 0. The van der Waals surface area contributed by atoms with Crippen molar-refractivity contribution in [3.05, 3.63) is 90.6 Å². The van der Waals surface area contributed by atoms with Crippen molar-refractivity contribution in [3.63, 3.8) is 0 Å². The average molecular weight is 414 g/mol. The van der Waals surface area contributed by atoms with Crippen molar-refractivity contribution in [2.45, 2.75) is 6.92 Å². The predicted molar refractivity (Wildman–Crippen MR) is 130 cm³/mol. The molecule has 3 nitrogen and oxygen atoms in total. The van der Waals surface area contributed by atoms with E-state index in [-0.39, 0.29) is 0 Å². The van der Waals surface area contributed by atoms with E-state index in [4.69, 9.17) is 8.83 Å². The van der Waals surface area contributed by atoms with Gasteiger partial charge in [-0.2, -0.15) is 0 Å². The van der Waals surface area contributed by atoms with Gasteiger partial charge in [0.05, 0.1) is 5.56 Å². The highest BCUT2D eigenvalue weighted by Crippen LogP contribution is 2.38. The molecule has 0 bridgehead atoms. The Bertz CT molecular complexity index is 1850. The Hall–Kier alpha value is -4.11. The number of rotatable bonds is 1. The molecule has 0 atom stereocenters. The van der Waals surface area contributed by atoms with Crippen molar-refractivity contribution in [1.29, 1.82) is 0 Å². The van der Waals surface area contributed by atoms with Gasteiger partial charge in [-0.25, -0.2) is 4.57 Å². The lowest BCUT2D eigenvalue weighted by atomic mass is 9.99. The van der Waals surface area contributed by atoms with Gasteiger partial charge in [-0.15, -0.1) is 0 Å². The predicted octanol–water partition coefficient (Wildman–Crippen LogP) is 7.44. The van der Waals surface area contributed by atoms with Crippen LogP contribution in [0.5, 0.6) is 0 Å². The quantitative estimate of drug-likeness (QED) is 0.261. The third-order valence-corrected chi connectivity index (χ3v) is 6.59. The summed E-state index contributed by atoms with van der Waals surface area (Å²) in [7, 11) is 2.10. The molecule has 0 amide bonds. The highest BCUT2D eigenvalue weighted by Gasteiger charge is 2.19. The first kappa shape index (κ1) is 17.6. The molecule has 152 valence electrons. The van der Waals surface area contributed by atoms with Gasteiger partial charge in [0.2, 0.25) is 5.69 Å². The zero-order valence-corrected chi connectivity index (χ0v) is 17.8. The normalized spacial score (nSPS) is 12.1. The summed E-state index contributed by atoms with van der Waals surface area (Å²) in [5.41, 5.74) is 7.15. The number of nitrogens with zero attached hydrogens (tertiary/aromatic N) is 1. The fourth-order valence-corrected chi connectivity index (χ4v) is 4.98. The van der Waals surface area contributed by atoms with E-state index in [0.29, 0.717) is 0 Å². The third kappa shape index (κ3) is 2.39. The first-order chi connectivity index (χ1) is 15.7. The lowest BCUT2D eigenvalue weighted by molar-refractivity contribution is -0.659. The molecule has 7 aromatic rings. The van der Waals surface area contributed by atoms with Gasteiger partial charge in [-0.3, -0.25) is 0 Å². The summed E-state index contributed by atoms with van der Waals surface area (Å²) < 4.78 is 14.7. The molecule has 32 heavy (non-hydrogen) atoms. The molecule has 3 heteroatoms. The summed E-state index contributed by atoms with van der Waals surface area (Å²) >= 11 is 0. The van der Waals surface area contributed by atoms with E-state index >= 15 is 0 Å². The second-order valence-electron chi connectivity index (χ2n) is 8.61. The molecule has 0 fully saturated rings. The summed E-state index contributed by atoms with van der Waals surface area (Å²) in [6, 6.07) is 27.5. The van der Waals surface area contributed by atoms with Crippen LogP contribution in [-0.4, -0.2) is 0 Å². The van der Waals surface area contributed by atoms with Gasteiger partial charge in [0, 0.05) is 33.0 Å². The van der Waals surface area contributed by atoms with Crippen molar-refractivity contribution in [2.24, 2.45) is 7.05 Å². The zero-order chi connectivity index (χ0) is 21.4. The highest BCUT2D eigenvalue weighted by molar-refractivity contribution is 6.15. The van der Waals surface area contributed by atoms with Crippen LogP contribution in [0.3, 0.4) is 0 Å². The number of hydrogen-bond acceptors (Lipinski definition) is 2. The summed E-state index contributed by atoms with van der Waals surface area (Å²) in [4.78, 5) is 0. The van der Waals surface area contributed by atoms with Crippen LogP contribution in [0.4, 0.5) is 0 Å². The van der Waals surface area contributed by atoms with E-state index in [2.05, 4.69) is 85.4 Å². The molecule has 3 aromatic heterocycles. The van der Waals surface area contributed by atoms with Gasteiger partial charge in [-0.1, -0.05) is 36.4 Å². The van der Waals surface area contributed by atoms with Crippen LogP contribution >= 0.6 is 0 Å². The van der Waals surface area contributed by atoms with E-state index in [1.165, 1.54) is 27.6 Å². The smallest absolute Gasteiger partial charge is 0.213 e. The van der Waals surface area contributed by atoms with Gasteiger partial charge < -0.3 is 8.83 Å². The molecule has 0 aliphatic carbocycles. The van der Waals surface area contributed by atoms with Crippen LogP contribution in [0.15, 0.2) is 93.9 Å². The van der Waals surface area contributed by atoms with Crippen molar-refractivity contribution in [1.82, 2.24) is 0 Å². The first-order valence-corrected chi connectivity index (χ1v) is 10.8. The van der Waals surface area contributed by atoms with Crippen molar-refractivity contribution < 1.29 is 13.4 Å². The number of fused-ring (bicyclic) bond motifs is 7. The van der Waals surface area contributed by atoms with E-state index in [1.54, 1.807) is 0 Å². The van der Waals surface area contributed by atoms with Crippen molar-refractivity contribution >= 4 is 54.6 Å². The van der Waals surface area contributed by atoms with Crippen molar-refractivity contribution in [3.8, 4) is 11.3 Å². The van der Waals surface area contributed by atoms with Gasteiger partial charge in [0.25, 0.3) is 0 Å². The Morgan fingerprint density at radius 3 is 2.06 bits per heavy atom. The number of benzene rings is 4. The maximum Gasteiger partial charge on any atom is 0.213 e. The summed E-state index contributed by atoms with van der Waals surface area (Å²) in [6.45, 7) is 2.17. The molecule has 0 saturated heterocycles. The lowest BCUT2D eigenvalue weighted by Gasteiger charge is -2.06. The molecule has 0 saturated carbocycles. The van der Waals surface area contributed by atoms with Crippen molar-refractivity contribution in [2.75, 3.05) is 0 Å². The molecule has 0 unspecified atom stereocenters. The number of pyridine rings is 1. The number of aromatic nitrogens is 1. The molecular weight excluding hydrogens is 394 g/mol. The van der Waals surface area contributed by atoms with E-state index < -0.39 is 0 Å². The van der Waals surface area contributed by atoms with Crippen LogP contribution in [0, 0.1) is 6.92 Å². The van der Waals surface area contributed by atoms with Crippen LogP contribution < -0.4 is 4.57 Å². The minimum Gasteiger partial charge on any atom is -0.456 e. The summed E-state index contributed by atoms with van der Waals surface area (Å²) in [5, 5.41) is 6.87. The number of aryl methyl sites for hydroxylation is 2. The Morgan fingerprint density at radius 2 is 1.22 bits per heavy atom. The standard InChI is InChI=1S/C29H20NO2/c1-17-11-22-24-15-28-23(20-9-5-6-10-26(20)31-28)14-29(24)32-27(22)13-21(17)25-12-18-7-3-4-8-19(18)16-30(25)2/h3-16H,1-2H3/q+1. The Labute approximate surface area is 184 Å². The average Bonchev–Trinajstić information content (AvgIpc) is 3.33. The number of para-hydroxylation sites is 1. The molecule has 0 radical (unpaired) electrons. The third-order valence-electron chi connectivity index (χ3n) is 6.59.